The minimum Gasteiger partial charge on any atom is -0.353 e. The van der Waals surface area contributed by atoms with E-state index in [9.17, 15) is 4.79 Å². The van der Waals surface area contributed by atoms with Gasteiger partial charge in [0.05, 0.1) is 11.0 Å². The lowest BCUT2D eigenvalue weighted by Crippen LogP contribution is -2.38. The van der Waals surface area contributed by atoms with Crippen LogP contribution in [0.25, 0.3) is 0 Å². The zero-order valence-corrected chi connectivity index (χ0v) is 16.4. The van der Waals surface area contributed by atoms with Crippen molar-refractivity contribution in [1.82, 2.24) is 5.32 Å². The van der Waals surface area contributed by atoms with Crippen LogP contribution >= 0.6 is 35.1 Å². The van der Waals surface area contributed by atoms with Crippen molar-refractivity contribution in [3.63, 3.8) is 0 Å². The number of rotatable bonds is 6. The Morgan fingerprint density at radius 3 is 2.40 bits per heavy atom. The van der Waals surface area contributed by atoms with E-state index in [1.165, 1.54) is 11.1 Å². The van der Waals surface area contributed by atoms with E-state index < -0.39 is 0 Å². The average molecular weight is 392 g/mol. The van der Waals surface area contributed by atoms with E-state index in [1.54, 1.807) is 11.8 Å². The van der Waals surface area contributed by atoms with Gasteiger partial charge in [0.25, 0.3) is 0 Å². The van der Waals surface area contributed by atoms with Gasteiger partial charge in [-0.2, -0.15) is 11.8 Å². The number of benzene rings is 2. The first-order chi connectivity index (χ1) is 12.2. The molecule has 5 heteroatoms. The highest BCUT2D eigenvalue weighted by Gasteiger charge is 2.19. The Kier molecular flexibility index (Phi) is 7.14. The summed E-state index contributed by atoms with van der Waals surface area (Å²) >= 11 is 9.67. The smallest absolute Gasteiger partial charge is 0.230 e. The number of halogens is 1. The van der Waals surface area contributed by atoms with Crippen LogP contribution in [0.15, 0.2) is 54.6 Å². The molecule has 25 heavy (non-hydrogen) atoms. The summed E-state index contributed by atoms with van der Waals surface area (Å²) in [4.78, 5) is 12.4. The summed E-state index contributed by atoms with van der Waals surface area (Å²) < 4.78 is 0. The molecule has 2 aromatic rings. The van der Waals surface area contributed by atoms with E-state index in [0.29, 0.717) is 11.8 Å². The Morgan fingerprint density at radius 2 is 1.72 bits per heavy atom. The third kappa shape index (κ3) is 5.70. The molecule has 132 valence electrons. The fourth-order valence-electron chi connectivity index (χ4n) is 2.92. The topological polar surface area (TPSA) is 29.1 Å². The van der Waals surface area contributed by atoms with Gasteiger partial charge in [-0.05, 0) is 47.6 Å². The molecule has 1 N–H and O–H groups in total. The maximum absolute atomic E-state index is 12.4. The van der Waals surface area contributed by atoms with E-state index in [2.05, 4.69) is 17.4 Å². The number of nitrogens with one attached hydrogen (secondary N) is 1. The number of hydrogen-bond acceptors (Lipinski definition) is 3. The van der Waals surface area contributed by atoms with E-state index in [1.807, 2.05) is 54.2 Å². The molecule has 1 unspecified atom stereocenters. The number of amides is 1. The first kappa shape index (κ1) is 18.7. The van der Waals surface area contributed by atoms with Gasteiger partial charge < -0.3 is 5.32 Å². The summed E-state index contributed by atoms with van der Waals surface area (Å²) in [6.07, 6.45) is 2.17. The van der Waals surface area contributed by atoms with Gasteiger partial charge in [-0.1, -0.05) is 54.1 Å². The standard InChI is InChI=1S/C20H22ClNOS2/c21-17-8-6-16(7-9-17)20(15-4-2-1-3-5-15)25-14-19(23)22-18-10-12-24-13-11-18/h1-9,18,20H,10-14H2,(H,22,23). The van der Waals surface area contributed by atoms with Crippen LogP contribution in [0.5, 0.6) is 0 Å². The monoisotopic (exact) mass is 391 g/mol. The summed E-state index contributed by atoms with van der Waals surface area (Å²) in [5.74, 6) is 2.90. The van der Waals surface area contributed by atoms with Gasteiger partial charge >= 0.3 is 0 Å². The molecule has 1 heterocycles. The van der Waals surface area contributed by atoms with Gasteiger partial charge in [0.15, 0.2) is 0 Å². The Hall–Kier alpha value is -1.10. The quantitative estimate of drug-likeness (QED) is 0.736. The summed E-state index contributed by atoms with van der Waals surface area (Å²) in [6.45, 7) is 0. The highest BCUT2D eigenvalue weighted by Crippen LogP contribution is 2.36. The number of thioether (sulfide) groups is 2. The number of hydrogen-bond donors (Lipinski definition) is 1. The van der Waals surface area contributed by atoms with E-state index in [4.69, 9.17) is 11.6 Å². The van der Waals surface area contributed by atoms with Crippen LogP contribution in [0, 0.1) is 0 Å². The molecule has 1 amide bonds. The maximum Gasteiger partial charge on any atom is 0.230 e. The van der Waals surface area contributed by atoms with Crippen LogP contribution in [0.1, 0.15) is 29.2 Å². The molecular formula is C20H22ClNOS2. The van der Waals surface area contributed by atoms with Gasteiger partial charge in [-0.3, -0.25) is 4.79 Å². The first-order valence-corrected chi connectivity index (χ1v) is 11.1. The third-order valence-electron chi connectivity index (χ3n) is 4.24. The highest BCUT2D eigenvalue weighted by atomic mass is 35.5. The molecule has 1 aliphatic rings. The molecule has 0 bridgehead atoms. The Balaban J connectivity index is 1.65. The van der Waals surface area contributed by atoms with Gasteiger partial charge in [0, 0.05) is 11.1 Å². The lowest BCUT2D eigenvalue weighted by Gasteiger charge is -2.23. The van der Waals surface area contributed by atoms with Crippen LogP contribution in [-0.4, -0.2) is 29.2 Å². The molecule has 0 saturated carbocycles. The van der Waals surface area contributed by atoms with Gasteiger partial charge in [-0.25, -0.2) is 0 Å². The maximum atomic E-state index is 12.4. The largest absolute Gasteiger partial charge is 0.353 e. The SMILES string of the molecule is O=C(CSC(c1ccccc1)c1ccc(Cl)cc1)NC1CCSCC1. The first-order valence-electron chi connectivity index (χ1n) is 8.51. The Labute approximate surface area is 163 Å². The molecule has 1 saturated heterocycles. The third-order valence-corrected chi connectivity index (χ3v) is 6.85. The van der Waals surface area contributed by atoms with Crippen molar-refractivity contribution in [3.8, 4) is 0 Å². The molecule has 0 aliphatic carbocycles. The van der Waals surface area contributed by atoms with Gasteiger partial charge in [-0.15, -0.1) is 11.8 Å². The van der Waals surface area contributed by atoms with Crippen molar-refractivity contribution >= 4 is 41.0 Å². The molecule has 2 nitrogen and oxygen atoms in total. The second-order valence-electron chi connectivity index (χ2n) is 6.11. The van der Waals surface area contributed by atoms with Crippen LogP contribution < -0.4 is 5.32 Å². The van der Waals surface area contributed by atoms with Crippen LogP contribution in [0.4, 0.5) is 0 Å². The fourth-order valence-corrected chi connectivity index (χ4v) is 5.25. The molecule has 1 aliphatic heterocycles. The summed E-state index contributed by atoms with van der Waals surface area (Å²) in [7, 11) is 0. The minimum atomic E-state index is 0.131. The summed E-state index contributed by atoms with van der Waals surface area (Å²) in [5.41, 5.74) is 2.37. The van der Waals surface area contributed by atoms with E-state index in [0.717, 1.165) is 29.4 Å². The molecule has 3 rings (SSSR count). The van der Waals surface area contributed by atoms with Gasteiger partial charge in [0.2, 0.25) is 5.91 Å². The van der Waals surface area contributed by atoms with Crippen LogP contribution in [0.2, 0.25) is 5.02 Å². The molecule has 0 spiro atoms. The van der Waals surface area contributed by atoms with E-state index >= 15 is 0 Å². The lowest BCUT2D eigenvalue weighted by molar-refractivity contribution is -0.119. The van der Waals surface area contributed by atoms with Crippen molar-refractivity contribution in [1.29, 1.82) is 0 Å². The molecular weight excluding hydrogens is 370 g/mol. The predicted molar refractivity (Wildman–Crippen MR) is 111 cm³/mol. The Morgan fingerprint density at radius 1 is 1.08 bits per heavy atom. The molecule has 1 fully saturated rings. The highest BCUT2D eigenvalue weighted by molar-refractivity contribution is 8.00. The van der Waals surface area contributed by atoms with Crippen LogP contribution in [0.3, 0.4) is 0 Å². The normalized spacial score (nSPS) is 16.4. The lowest BCUT2D eigenvalue weighted by atomic mass is 10.0. The predicted octanol–water partition coefficient (Wildman–Crippen LogP) is 5.17. The van der Waals surface area contributed by atoms with Gasteiger partial charge in [0.1, 0.15) is 0 Å². The van der Waals surface area contributed by atoms with Crippen molar-refractivity contribution in [3.05, 3.63) is 70.7 Å². The van der Waals surface area contributed by atoms with Crippen molar-refractivity contribution < 1.29 is 4.79 Å². The Bertz CT molecular complexity index is 672. The number of carbonyl (C=O) groups is 1. The minimum absolute atomic E-state index is 0.131. The molecule has 1 atom stereocenters. The molecule has 0 aromatic heterocycles. The van der Waals surface area contributed by atoms with E-state index in [-0.39, 0.29) is 11.2 Å². The second-order valence-corrected chi connectivity index (χ2v) is 8.86. The fraction of sp³-hybridized carbons (Fsp3) is 0.350. The number of carbonyl (C=O) groups excluding carboxylic acids is 1. The second kappa shape index (κ2) is 9.56. The zero-order chi connectivity index (χ0) is 17.5. The summed E-state index contributed by atoms with van der Waals surface area (Å²) in [5, 5.41) is 4.05. The van der Waals surface area contributed by atoms with Crippen molar-refractivity contribution in [2.24, 2.45) is 0 Å². The zero-order valence-electron chi connectivity index (χ0n) is 14.0. The molecule has 0 radical (unpaired) electrons. The average Bonchev–Trinajstić information content (AvgIpc) is 2.65. The molecule has 2 aromatic carbocycles. The summed E-state index contributed by atoms with van der Waals surface area (Å²) in [6, 6.07) is 18.6. The van der Waals surface area contributed by atoms with Crippen molar-refractivity contribution in [2.75, 3.05) is 17.3 Å². The van der Waals surface area contributed by atoms with Crippen LogP contribution in [-0.2, 0) is 4.79 Å². The van der Waals surface area contributed by atoms with Crippen molar-refractivity contribution in [2.45, 2.75) is 24.1 Å².